The number of carbonyl (C=O) groups excluding carboxylic acids is 1. The number of halogens is 3. The number of carbonyl (C=O) groups is 1. The lowest BCUT2D eigenvalue weighted by Gasteiger charge is -2.39. The number of aliphatic hydroxyl groups excluding tert-OH is 4. The third-order valence-electron chi connectivity index (χ3n) is 5.13. The Bertz CT molecular complexity index is 1030. The molecule has 9 nitrogen and oxygen atoms in total. The Balaban J connectivity index is 1.85. The zero-order chi connectivity index (χ0) is 25.9. The van der Waals surface area contributed by atoms with Crippen LogP contribution in [0.25, 0.3) is 0 Å². The first-order valence-electron chi connectivity index (χ1n) is 10.7. The van der Waals surface area contributed by atoms with E-state index in [1.54, 1.807) is 13.8 Å². The van der Waals surface area contributed by atoms with Gasteiger partial charge in [-0.05, 0) is 38.1 Å². The molecule has 3 rings (SSSR count). The first-order valence-corrected chi connectivity index (χ1v) is 10.7. The van der Waals surface area contributed by atoms with Crippen molar-refractivity contribution in [3.63, 3.8) is 0 Å². The number of hydrogen-bond donors (Lipinski definition) is 5. The molecule has 1 fully saturated rings. The second-order valence-corrected chi connectivity index (χ2v) is 8.14. The molecule has 0 unspecified atom stereocenters. The molecule has 0 spiro atoms. The van der Waals surface area contributed by atoms with E-state index in [1.807, 2.05) is 0 Å². The maximum Gasteiger partial charge on any atom is 0.417 e. The van der Waals surface area contributed by atoms with Crippen molar-refractivity contribution in [3.05, 3.63) is 53.6 Å². The van der Waals surface area contributed by atoms with Crippen LogP contribution < -0.4 is 14.8 Å². The van der Waals surface area contributed by atoms with Crippen molar-refractivity contribution in [2.24, 2.45) is 0 Å². The Labute approximate surface area is 198 Å². The maximum absolute atomic E-state index is 13.3. The summed E-state index contributed by atoms with van der Waals surface area (Å²) in [6.45, 7) is 2.75. The molecule has 0 bridgehead atoms. The van der Waals surface area contributed by atoms with Crippen molar-refractivity contribution < 1.29 is 52.6 Å². The summed E-state index contributed by atoms with van der Waals surface area (Å²) >= 11 is 0. The van der Waals surface area contributed by atoms with Crippen LogP contribution in [0.15, 0.2) is 42.5 Å². The van der Waals surface area contributed by atoms with Crippen molar-refractivity contribution in [1.29, 1.82) is 0 Å². The van der Waals surface area contributed by atoms with Gasteiger partial charge in [-0.1, -0.05) is 12.1 Å². The van der Waals surface area contributed by atoms with Crippen LogP contribution >= 0.6 is 0 Å². The molecule has 5 atom stereocenters. The van der Waals surface area contributed by atoms with Crippen LogP contribution in [0.2, 0.25) is 0 Å². The number of benzene rings is 2. The number of amides is 1. The van der Waals surface area contributed by atoms with Crippen LogP contribution in [-0.2, 0) is 10.9 Å². The molecule has 0 saturated carbocycles. The van der Waals surface area contributed by atoms with Crippen LogP contribution in [0.5, 0.6) is 11.5 Å². The van der Waals surface area contributed by atoms with Crippen LogP contribution in [0, 0.1) is 0 Å². The molecule has 1 saturated heterocycles. The average Bonchev–Trinajstić information content (AvgIpc) is 2.80. The van der Waals surface area contributed by atoms with Gasteiger partial charge in [0.05, 0.1) is 23.8 Å². The third kappa shape index (κ3) is 6.21. The minimum Gasteiger partial charge on any atom is -0.487 e. The lowest BCUT2D eigenvalue weighted by Crippen LogP contribution is -2.60. The standard InChI is InChI=1S/C23H26F3NO8/c1-11(2)33-16-9-12(27-21(32)13-5-3-4-6-14(13)23(24,25)26)7-8-15(16)34-22-20(31)19(30)18(29)17(10-28)35-22/h3-9,11,17-20,22,28-31H,10H2,1-2H3,(H,27,32)/t17-,18-,19+,20-,22-/m1/s1. The maximum atomic E-state index is 13.3. The average molecular weight is 501 g/mol. The van der Waals surface area contributed by atoms with Gasteiger partial charge in [0.25, 0.3) is 5.91 Å². The molecule has 0 radical (unpaired) electrons. The zero-order valence-electron chi connectivity index (χ0n) is 18.8. The fraction of sp³-hybridized carbons (Fsp3) is 0.435. The summed E-state index contributed by atoms with van der Waals surface area (Å²) in [5.41, 5.74) is -1.55. The summed E-state index contributed by atoms with van der Waals surface area (Å²) in [7, 11) is 0. The molecule has 192 valence electrons. The molecule has 5 N–H and O–H groups in total. The van der Waals surface area contributed by atoms with Gasteiger partial charge >= 0.3 is 6.18 Å². The molecule has 12 heteroatoms. The van der Waals surface area contributed by atoms with Gasteiger partial charge in [-0.15, -0.1) is 0 Å². The lowest BCUT2D eigenvalue weighted by molar-refractivity contribution is -0.277. The first kappa shape index (κ1) is 26.7. The van der Waals surface area contributed by atoms with E-state index in [2.05, 4.69) is 5.32 Å². The Morgan fingerprint density at radius 3 is 2.37 bits per heavy atom. The van der Waals surface area contributed by atoms with Gasteiger partial charge < -0.3 is 40.0 Å². The topological polar surface area (TPSA) is 138 Å². The van der Waals surface area contributed by atoms with Crippen molar-refractivity contribution in [2.75, 3.05) is 11.9 Å². The van der Waals surface area contributed by atoms with Crippen LogP contribution in [0.4, 0.5) is 18.9 Å². The van der Waals surface area contributed by atoms with Gasteiger partial charge in [0.1, 0.15) is 24.4 Å². The number of alkyl halides is 3. The number of nitrogens with one attached hydrogen (secondary N) is 1. The van der Waals surface area contributed by atoms with E-state index in [4.69, 9.17) is 14.2 Å². The van der Waals surface area contributed by atoms with Gasteiger partial charge in [0.15, 0.2) is 11.5 Å². The van der Waals surface area contributed by atoms with Crippen LogP contribution in [0.3, 0.4) is 0 Å². The molecule has 2 aromatic rings. The van der Waals surface area contributed by atoms with Crippen molar-refractivity contribution in [3.8, 4) is 11.5 Å². The van der Waals surface area contributed by atoms with E-state index >= 15 is 0 Å². The fourth-order valence-corrected chi connectivity index (χ4v) is 3.45. The third-order valence-corrected chi connectivity index (χ3v) is 5.13. The Kier molecular flexibility index (Phi) is 8.23. The Hall–Kier alpha value is -2.90. The minimum atomic E-state index is -4.72. The normalized spacial score (nSPS) is 24.8. The summed E-state index contributed by atoms with van der Waals surface area (Å²) in [6.07, 6.45) is -12.7. The summed E-state index contributed by atoms with van der Waals surface area (Å²) in [5.74, 6) is -0.924. The van der Waals surface area contributed by atoms with Crippen molar-refractivity contribution in [1.82, 2.24) is 0 Å². The number of aliphatic hydroxyl groups is 4. The van der Waals surface area contributed by atoms with Gasteiger partial charge in [0.2, 0.25) is 6.29 Å². The number of hydrogen-bond acceptors (Lipinski definition) is 8. The largest absolute Gasteiger partial charge is 0.487 e. The molecule has 0 aliphatic carbocycles. The Morgan fingerprint density at radius 2 is 1.74 bits per heavy atom. The molecule has 35 heavy (non-hydrogen) atoms. The van der Waals surface area contributed by atoms with E-state index < -0.39 is 60.5 Å². The lowest BCUT2D eigenvalue weighted by atomic mass is 9.99. The fourth-order valence-electron chi connectivity index (χ4n) is 3.45. The molecule has 0 aromatic heterocycles. The van der Waals surface area contributed by atoms with E-state index in [0.29, 0.717) is 0 Å². The number of anilines is 1. The first-order chi connectivity index (χ1) is 16.4. The molecule has 1 aliphatic rings. The molecule has 1 aliphatic heterocycles. The number of ether oxygens (including phenoxy) is 3. The minimum absolute atomic E-state index is 0.0109. The smallest absolute Gasteiger partial charge is 0.417 e. The highest BCUT2D eigenvalue weighted by Crippen LogP contribution is 2.35. The SMILES string of the molecule is CC(C)Oc1cc(NC(=O)c2ccccc2C(F)(F)F)ccc1O[C@@H]1O[C@H](CO)[C@@H](O)[C@H](O)[C@H]1O. The zero-order valence-corrected chi connectivity index (χ0v) is 18.8. The van der Waals surface area contributed by atoms with E-state index in [0.717, 1.165) is 12.1 Å². The highest BCUT2D eigenvalue weighted by Gasteiger charge is 2.45. The quantitative estimate of drug-likeness (QED) is 0.388. The van der Waals surface area contributed by atoms with Crippen molar-refractivity contribution in [2.45, 2.75) is 56.8 Å². The van der Waals surface area contributed by atoms with E-state index in [-0.39, 0.29) is 23.3 Å². The summed E-state index contributed by atoms with van der Waals surface area (Å²) in [5, 5.41) is 41.8. The van der Waals surface area contributed by atoms with Gasteiger partial charge in [-0.3, -0.25) is 4.79 Å². The van der Waals surface area contributed by atoms with E-state index in [9.17, 15) is 38.4 Å². The predicted molar refractivity (Wildman–Crippen MR) is 116 cm³/mol. The van der Waals surface area contributed by atoms with Crippen molar-refractivity contribution >= 4 is 11.6 Å². The van der Waals surface area contributed by atoms with E-state index in [1.165, 1.54) is 30.3 Å². The Morgan fingerprint density at radius 1 is 1.06 bits per heavy atom. The summed E-state index contributed by atoms with van der Waals surface area (Å²) in [4.78, 5) is 12.6. The molecule has 2 aromatic carbocycles. The van der Waals surface area contributed by atoms with Crippen LogP contribution in [-0.4, -0.2) is 69.8 Å². The van der Waals surface area contributed by atoms with Gasteiger partial charge in [-0.25, -0.2) is 0 Å². The molecular weight excluding hydrogens is 475 g/mol. The monoisotopic (exact) mass is 501 g/mol. The summed E-state index contributed by atoms with van der Waals surface area (Å²) in [6, 6.07) is 8.33. The van der Waals surface area contributed by atoms with Gasteiger partial charge in [-0.2, -0.15) is 13.2 Å². The predicted octanol–water partition coefficient (Wildman–Crippen LogP) is 1.92. The summed E-state index contributed by atoms with van der Waals surface area (Å²) < 4.78 is 56.4. The molecular formula is C23H26F3NO8. The van der Waals surface area contributed by atoms with Crippen LogP contribution in [0.1, 0.15) is 29.8 Å². The highest BCUT2D eigenvalue weighted by atomic mass is 19.4. The van der Waals surface area contributed by atoms with Gasteiger partial charge in [0, 0.05) is 11.8 Å². The highest BCUT2D eigenvalue weighted by molar-refractivity contribution is 6.05. The molecule has 1 heterocycles. The molecule has 1 amide bonds. The number of rotatable bonds is 7. The second kappa shape index (κ2) is 10.8. The second-order valence-electron chi connectivity index (χ2n) is 8.14.